The number of aryl methyl sites for hydroxylation is 3. The molecule has 0 aliphatic heterocycles. The van der Waals surface area contributed by atoms with Crippen molar-refractivity contribution < 1.29 is 14.3 Å². The zero-order chi connectivity index (χ0) is 21.5. The minimum absolute atomic E-state index is 0.161. The van der Waals surface area contributed by atoms with E-state index in [1.807, 2.05) is 69.6 Å². The van der Waals surface area contributed by atoms with Crippen LogP contribution < -0.4 is 14.8 Å². The number of rotatable bonds is 8. The number of hydrogen-bond donors (Lipinski definition) is 1. The minimum Gasteiger partial charge on any atom is -0.496 e. The van der Waals surface area contributed by atoms with E-state index in [0.29, 0.717) is 13.2 Å². The van der Waals surface area contributed by atoms with Crippen LogP contribution in [-0.4, -0.2) is 22.8 Å². The van der Waals surface area contributed by atoms with Crippen LogP contribution in [0, 0.1) is 13.8 Å². The van der Waals surface area contributed by atoms with E-state index in [4.69, 9.17) is 9.47 Å². The van der Waals surface area contributed by atoms with Crippen LogP contribution in [0.2, 0.25) is 0 Å². The standard InChI is InChI=1S/C24H27N3O3/c1-17-6-5-7-22(12-17)30-16-20-13-19(8-10-23(20)29-4)9-11-24(28)25-14-21-15-27(3)26-18(21)2/h5-13,15H,14,16H2,1-4H3,(H,25,28)/b11-9+. The molecule has 0 saturated heterocycles. The van der Waals surface area contributed by atoms with Crippen molar-refractivity contribution in [3.63, 3.8) is 0 Å². The normalized spacial score (nSPS) is 10.9. The lowest BCUT2D eigenvalue weighted by Crippen LogP contribution is -2.20. The van der Waals surface area contributed by atoms with Gasteiger partial charge < -0.3 is 14.8 Å². The first kappa shape index (κ1) is 21.2. The SMILES string of the molecule is COc1ccc(/C=C/C(=O)NCc2cn(C)nc2C)cc1COc1cccc(C)c1. The molecule has 0 radical (unpaired) electrons. The van der Waals surface area contributed by atoms with E-state index in [2.05, 4.69) is 10.4 Å². The van der Waals surface area contributed by atoms with Gasteiger partial charge in [0.25, 0.3) is 0 Å². The molecule has 0 unspecified atom stereocenters. The van der Waals surface area contributed by atoms with Crippen molar-refractivity contribution in [2.24, 2.45) is 7.05 Å². The summed E-state index contributed by atoms with van der Waals surface area (Å²) in [6.45, 7) is 4.77. The first-order chi connectivity index (χ1) is 14.4. The lowest BCUT2D eigenvalue weighted by Gasteiger charge is -2.11. The highest BCUT2D eigenvalue weighted by molar-refractivity contribution is 5.91. The summed E-state index contributed by atoms with van der Waals surface area (Å²) in [5, 5.41) is 7.16. The van der Waals surface area contributed by atoms with Crippen LogP contribution in [0.4, 0.5) is 0 Å². The third-order valence-electron chi connectivity index (χ3n) is 4.68. The summed E-state index contributed by atoms with van der Waals surface area (Å²) in [6.07, 6.45) is 5.21. The number of nitrogens with one attached hydrogen (secondary N) is 1. The fraction of sp³-hybridized carbons (Fsp3) is 0.250. The van der Waals surface area contributed by atoms with Crippen molar-refractivity contribution in [2.45, 2.75) is 27.0 Å². The van der Waals surface area contributed by atoms with Crippen LogP contribution >= 0.6 is 0 Å². The van der Waals surface area contributed by atoms with E-state index in [-0.39, 0.29) is 5.91 Å². The summed E-state index contributed by atoms with van der Waals surface area (Å²) in [4.78, 5) is 12.2. The summed E-state index contributed by atoms with van der Waals surface area (Å²) >= 11 is 0. The monoisotopic (exact) mass is 405 g/mol. The second-order valence-corrected chi connectivity index (χ2v) is 7.14. The molecule has 0 fully saturated rings. The Morgan fingerprint density at radius 2 is 2.00 bits per heavy atom. The topological polar surface area (TPSA) is 65.4 Å². The zero-order valence-electron chi connectivity index (χ0n) is 17.8. The van der Waals surface area contributed by atoms with Gasteiger partial charge in [-0.15, -0.1) is 0 Å². The number of benzene rings is 2. The summed E-state index contributed by atoms with van der Waals surface area (Å²) in [7, 11) is 3.50. The molecule has 6 nitrogen and oxygen atoms in total. The van der Waals surface area contributed by atoms with Crippen LogP contribution in [0.1, 0.15) is 27.9 Å². The number of hydrogen-bond acceptors (Lipinski definition) is 4. The number of carbonyl (C=O) groups is 1. The van der Waals surface area contributed by atoms with Gasteiger partial charge in [0.2, 0.25) is 5.91 Å². The van der Waals surface area contributed by atoms with Crippen molar-refractivity contribution in [2.75, 3.05) is 7.11 Å². The van der Waals surface area contributed by atoms with Crippen LogP contribution in [0.25, 0.3) is 6.08 Å². The van der Waals surface area contributed by atoms with Crippen LogP contribution in [0.5, 0.6) is 11.5 Å². The van der Waals surface area contributed by atoms with E-state index in [1.54, 1.807) is 17.9 Å². The van der Waals surface area contributed by atoms with Crippen molar-refractivity contribution >= 4 is 12.0 Å². The fourth-order valence-electron chi connectivity index (χ4n) is 3.12. The molecule has 0 spiro atoms. The lowest BCUT2D eigenvalue weighted by molar-refractivity contribution is -0.116. The number of methoxy groups -OCH3 is 1. The van der Waals surface area contributed by atoms with E-state index in [1.165, 1.54) is 6.08 Å². The molecule has 0 aliphatic rings. The Labute approximate surface area is 177 Å². The van der Waals surface area contributed by atoms with Gasteiger partial charge in [-0.1, -0.05) is 18.2 Å². The number of nitrogens with zero attached hydrogens (tertiary/aromatic N) is 2. The summed E-state index contributed by atoms with van der Waals surface area (Å²) in [6, 6.07) is 13.7. The molecular formula is C24H27N3O3. The van der Waals surface area contributed by atoms with Gasteiger partial charge in [-0.25, -0.2) is 0 Å². The van der Waals surface area contributed by atoms with Crippen LogP contribution in [-0.2, 0) is 25.0 Å². The Balaban J connectivity index is 1.63. The average Bonchev–Trinajstić information content (AvgIpc) is 3.06. The van der Waals surface area contributed by atoms with Gasteiger partial charge in [0.15, 0.2) is 0 Å². The molecule has 1 N–H and O–H groups in total. The minimum atomic E-state index is -0.161. The first-order valence-electron chi connectivity index (χ1n) is 9.76. The maximum atomic E-state index is 12.2. The van der Waals surface area contributed by atoms with Crippen LogP contribution in [0.3, 0.4) is 0 Å². The molecule has 0 saturated carbocycles. The van der Waals surface area contributed by atoms with Crippen LogP contribution in [0.15, 0.2) is 54.7 Å². The van der Waals surface area contributed by atoms with Gasteiger partial charge >= 0.3 is 0 Å². The molecule has 6 heteroatoms. The third kappa shape index (κ3) is 5.73. The van der Waals surface area contributed by atoms with Gasteiger partial charge in [-0.05, 0) is 55.3 Å². The van der Waals surface area contributed by atoms with Gasteiger partial charge in [-0.3, -0.25) is 9.48 Å². The Morgan fingerprint density at radius 3 is 2.70 bits per heavy atom. The number of carbonyl (C=O) groups excluding carboxylic acids is 1. The predicted octanol–water partition coefficient (Wildman–Crippen LogP) is 3.95. The zero-order valence-corrected chi connectivity index (χ0v) is 17.8. The lowest BCUT2D eigenvalue weighted by atomic mass is 10.1. The molecule has 3 rings (SSSR count). The molecule has 0 atom stereocenters. The quantitative estimate of drug-likeness (QED) is 0.576. The first-order valence-corrected chi connectivity index (χ1v) is 9.76. The average molecular weight is 405 g/mol. The maximum absolute atomic E-state index is 12.2. The summed E-state index contributed by atoms with van der Waals surface area (Å²) in [5.74, 6) is 1.39. The van der Waals surface area contributed by atoms with E-state index < -0.39 is 0 Å². The Kier molecular flexibility index (Phi) is 6.91. The van der Waals surface area contributed by atoms with E-state index in [9.17, 15) is 4.79 Å². The molecule has 1 aromatic heterocycles. The Bertz CT molecular complexity index is 1050. The van der Waals surface area contributed by atoms with Crippen molar-refractivity contribution in [3.8, 4) is 11.5 Å². The van der Waals surface area contributed by atoms with Crippen molar-refractivity contribution in [1.29, 1.82) is 0 Å². The van der Waals surface area contributed by atoms with Gasteiger partial charge in [0, 0.05) is 37.0 Å². The molecule has 0 aliphatic carbocycles. The van der Waals surface area contributed by atoms with Gasteiger partial charge in [0.1, 0.15) is 18.1 Å². The molecular weight excluding hydrogens is 378 g/mol. The maximum Gasteiger partial charge on any atom is 0.244 e. The summed E-state index contributed by atoms with van der Waals surface area (Å²) < 4.78 is 13.1. The predicted molar refractivity (Wildman–Crippen MR) is 117 cm³/mol. The number of amides is 1. The molecule has 1 heterocycles. The molecule has 1 amide bonds. The highest BCUT2D eigenvalue weighted by atomic mass is 16.5. The van der Waals surface area contributed by atoms with E-state index in [0.717, 1.165) is 39.4 Å². The van der Waals surface area contributed by atoms with Crippen molar-refractivity contribution in [3.05, 3.63) is 82.7 Å². The smallest absolute Gasteiger partial charge is 0.244 e. The second-order valence-electron chi connectivity index (χ2n) is 7.14. The Hall–Kier alpha value is -3.54. The molecule has 30 heavy (non-hydrogen) atoms. The second kappa shape index (κ2) is 9.78. The number of aromatic nitrogens is 2. The fourth-order valence-corrected chi connectivity index (χ4v) is 3.12. The third-order valence-corrected chi connectivity index (χ3v) is 4.68. The Morgan fingerprint density at radius 1 is 1.17 bits per heavy atom. The molecule has 2 aromatic carbocycles. The highest BCUT2D eigenvalue weighted by Crippen LogP contribution is 2.23. The largest absolute Gasteiger partial charge is 0.496 e. The van der Waals surface area contributed by atoms with Gasteiger partial charge in [0.05, 0.1) is 12.8 Å². The summed E-state index contributed by atoms with van der Waals surface area (Å²) in [5.41, 5.74) is 4.86. The van der Waals surface area contributed by atoms with Crippen molar-refractivity contribution in [1.82, 2.24) is 15.1 Å². The highest BCUT2D eigenvalue weighted by Gasteiger charge is 2.07. The number of ether oxygens (including phenoxy) is 2. The molecule has 0 bridgehead atoms. The molecule has 156 valence electrons. The molecule has 3 aromatic rings. The van der Waals surface area contributed by atoms with Gasteiger partial charge in [-0.2, -0.15) is 5.10 Å². The van der Waals surface area contributed by atoms with E-state index >= 15 is 0 Å².